The molecule has 7 heteroatoms. The second kappa shape index (κ2) is 7.72. The Morgan fingerprint density at radius 1 is 1.28 bits per heavy atom. The fourth-order valence-electron chi connectivity index (χ4n) is 3.16. The van der Waals surface area contributed by atoms with Gasteiger partial charge in [0.1, 0.15) is 11.3 Å². The number of aromatic nitrogens is 1. The first-order valence-electron chi connectivity index (χ1n) is 8.67. The Hall–Kier alpha value is -2.31. The molecule has 0 unspecified atom stereocenters. The van der Waals surface area contributed by atoms with Crippen molar-refractivity contribution in [1.29, 1.82) is 0 Å². The molecule has 25 heavy (non-hydrogen) atoms. The van der Waals surface area contributed by atoms with Crippen molar-refractivity contribution in [3.8, 4) is 0 Å². The largest absolute Gasteiger partial charge is 0.619 e. The molecule has 0 atom stereocenters. The van der Waals surface area contributed by atoms with E-state index in [1.807, 2.05) is 20.8 Å². The topological polar surface area (TPSA) is 94.4 Å². The van der Waals surface area contributed by atoms with Gasteiger partial charge >= 0.3 is 12.0 Å². The summed E-state index contributed by atoms with van der Waals surface area (Å²) >= 11 is 0. The number of carbonyl (C=O) groups excluding carboxylic acids is 2. The number of anilines is 1. The van der Waals surface area contributed by atoms with Crippen LogP contribution in [0.15, 0.2) is 24.5 Å². The van der Waals surface area contributed by atoms with Crippen LogP contribution in [0.2, 0.25) is 0 Å². The summed E-state index contributed by atoms with van der Waals surface area (Å²) < 4.78 is 6.04. The third-order valence-electron chi connectivity index (χ3n) is 4.13. The zero-order valence-corrected chi connectivity index (χ0v) is 15.1. The average Bonchev–Trinajstić information content (AvgIpc) is 2.45. The fraction of sp³-hybridized carbons (Fsp3) is 0.611. The van der Waals surface area contributed by atoms with Crippen molar-refractivity contribution in [2.45, 2.75) is 70.4 Å². The van der Waals surface area contributed by atoms with Crippen molar-refractivity contribution in [2.75, 3.05) is 5.32 Å². The van der Waals surface area contributed by atoms with Gasteiger partial charge in [-0.05, 0) is 39.7 Å². The van der Waals surface area contributed by atoms with Gasteiger partial charge in [-0.25, -0.2) is 4.79 Å². The summed E-state index contributed by atoms with van der Waals surface area (Å²) in [4.78, 5) is 24.7. The van der Waals surface area contributed by atoms with E-state index in [1.54, 1.807) is 12.1 Å². The molecule has 0 radical (unpaired) electrons. The number of esters is 1. The summed E-state index contributed by atoms with van der Waals surface area (Å²) in [6.07, 6.45) is 7.23. The predicted molar refractivity (Wildman–Crippen MR) is 93.8 cm³/mol. The molecular weight excluding hydrogens is 322 g/mol. The first kappa shape index (κ1) is 19.0. The van der Waals surface area contributed by atoms with E-state index in [0.29, 0.717) is 10.4 Å². The number of amides is 2. The van der Waals surface area contributed by atoms with Crippen molar-refractivity contribution in [3.05, 3.63) is 29.7 Å². The van der Waals surface area contributed by atoms with Crippen LogP contribution in [0.1, 0.15) is 59.3 Å². The summed E-state index contributed by atoms with van der Waals surface area (Å²) in [5, 5.41) is 16.9. The highest BCUT2D eigenvalue weighted by atomic mass is 16.6. The van der Waals surface area contributed by atoms with Crippen LogP contribution in [0.25, 0.3) is 0 Å². The lowest BCUT2D eigenvalue weighted by atomic mass is 9.79. The van der Waals surface area contributed by atoms with Gasteiger partial charge in [-0.2, -0.15) is 4.73 Å². The fourth-order valence-corrected chi connectivity index (χ4v) is 3.16. The third-order valence-corrected chi connectivity index (χ3v) is 4.13. The Labute approximate surface area is 148 Å². The molecule has 1 aliphatic carbocycles. The number of hydrogen-bond acceptors (Lipinski definition) is 4. The third kappa shape index (κ3) is 6.25. The molecule has 0 aliphatic heterocycles. The summed E-state index contributed by atoms with van der Waals surface area (Å²) in [6, 6.07) is 2.77. The predicted octanol–water partition coefficient (Wildman–Crippen LogP) is 2.88. The number of ether oxygens (including phenoxy) is 1. The molecule has 1 saturated carbocycles. The molecule has 1 fully saturated rings. The van der Waals surface area contributed by atoms with E-state index in [0.717, 1.165) is 32.1 Å². The van der Waals surface area contributed by atoms with Gasteiger partial charge in [0.05, 0.1) is 12.0 Å². The highest BCUT2D eigenvalue weighted by Gasteiger charge is 2.37. The van der Waals surface area contributed by atoms with Gasteiger partial charge in [0.15, 0.2) is 6.20 Å². The number of nitrogens with zero attached hydrogens (tertiary/aromatic N) is 1. The minimum absolute atomic E-state index is 0.147. The summed E-state index contributed by atoms with van der Waals surface area (Å²) in [5.41, 5.74) is -0.758. The van der Waals surface area contributed by atoms with Gasteiger partial charge in [0, 0.05) is 6.07 Å². The zero-order chi connectivity index (χ0) is 18.5. The van der Waals surface area contributed by atoms with Gasteiger partial charge in [-0.15, -0.1) is 0 Å². The van der Waals surface area contributed by atoms with Crippen molar-refractivity contribution in [2.24, 2.45) is 0 Å². The molecular formula is C18H27N3O4. The van der Waals surface area contributed by atoms with Crippen LogP contribution in [-0.4, -0.2) is 23.1 Å². The van der Waals surface area contributed by atoms with Gasteiger partial charge in [0.25, 0.3) is 0 Å². The molecule has 0 aromatic carbocycles. The molecule has 1 aliphatic rings. The molecule has 2 amide bonds. The number of pyridine rings is 1. The Morgan fingerprint density at radius 3 is 2.56 bits per heavy atom. The smallest absolute Gasteiger partial charge is 0.319 e. The molecule has 1 aromatic rings. The van der Waals surface area contributed by atoms with Crippen LogP contribution in [0.4, 0.5) is 10.5 Å². The average molecular weight is 349 g/mol. The molecule has 2 rings (SSSR count). The van der Waals surface area contributed by atoms with Crippen LogP contribution in [0.3, 0.4) is 0 Å². The Bertz CT molecular complexity index is 619. The summed E-state index contributed by atoms with van der Waals surface area (Å²) in [6.45, 7) is 5.48. The van der Waals surface area contributed by atoms with E-state index in [-0.39, 0.29) is 12.4 Å². The Morgan fingerprint density at radius 2 is 1.96 bits per heavy atom. The maximum atomic E-state index is 12.4. The number of rotatable bonds is 4. The Kier molecular flexibility index (Phi) is 5.87. The van der Waals surface area contributed by atoms with Crippen LogP contribution in [-0.2, 0) is 9.53 Å². The van der Waals surface area contributed by atoms with E-state index in [4.69, 9.17) is 4.74 Å². The van der Waals surface area contributed by atoms with E-state index in [1.165, 1.54) is 12.4 Å². The highest BCUT2D eigenvalue weighted by Crippen LogP contribution is 2.32. The van der Waals surface area contributed by atoms with Crippen molar-refractivity contribution in [3.63, 3.8) is 0 Å². The lowest BCUT2D eigenvalue weighted by molar-refractivity contribution is -0.604. The maximum Gasteiger partial charge on any atom is 0.319 e. The quantitative estimate of drug-likeness (QED) is 0.496. The van der Waals surface area contributed by atoms with Crippen molar-refractivity contribution < 1.29 is 19.1 Å². The van der Waals surface area contributed by atoms with Crippen LogP contribution < -0.4 is 15.4 Å². The second-order valence-corrected chi connectivity index (χ2v) is 7.64. The first-order chi connectivity index (χ1) is 11.7. The van der Waals surface area contributed by atoms with Crippen LogP contribution >= 0.6 is 0 Å². The van der Waals surface area contributed by atoms with Crippen LogP contribution in [0, 0.1) is 5.21 Å². The SMILES string of the molecule is CC(C)(C)OC(=O)CC1(NC(=O)Nc2ccc[n+]([O-])c2)CCCCC1. The summed E-state index contributed by atoms with van der Waals surface area (Å²) in [5.74, 6) is -0.313. The standard InChI is InChI=1S/C18H27N3O4/c1-17(2,3)25-15(22)12-18(9-5-4-6-10-18)20-16(23)19-14-8-7-11-21(24)13-14/h7-8,11,13H,4-6,9-10,12H2,1-3H3,(H2,19,20,23). The number of carbonyl (C=O) groups is 2. The van der Waals surface area contributed by atoms with Gasteiger partial charge in [-0.1, -0.05) is 19.3 Å². The minimum atomic E-state index is -0.604. The lowest BCUT2D eigenvalue weighted by Crippen LogP contribution is -2.53. The summed E-state index contributed by atoms with van der Waals surface area (Å²) in [7, 11) is 0. The first-order valence-corrected chi connectivity index (χ1v) is 8.67. The molecule has 7 nitrogen and oxygen atoms in total. The second-order valence-electron chi connectivity index (χ2n) is 7.64. The molecule has 2 N–H and O–H groups in total. The van der Waals surface area contributed by atoms with E-state index in [2.05, 4.69) is 10.6 Å². The zero-order valence-electron chi connectivity index (χ0n) is 15.1. The Balaban J connectivity index is 2.03. The highest BCUT2D eigenvalue weighted by molar-refractivity contribution is 5.90. The molecule has 138 valence electrons. The van der Waals surface area contributed by atoms with E-state index < -0.39 is 17.2 Å². The van der Waals surface area contributed by atoms with Crippen molar-refractivity contribution >= 4 is 17.7 Å². The van der Waals surface area contributed by atoms with E-state index >= 15 is 0 Å². The van der Waals surface area contributed by atoms with Gasteiger partial charge in [-0.3, -0.25) is 4.79 Å². The minimum Gasteiger partial charge on any atom is -0.619 e. The van der Waals surface area contributed by atoms with Gasteiger partial charge in [0.2, 0.25) is 6.20 Å². The lowest BCUT2D eigenvalue weighted by Gasteiger charge is -2.38. The van der Waals surface area contributed by atoms with E-state index in [9.17, 15) is 14.8 Å². The molecule has 0 bridgehead atoms. The van der Waals surface area contributed by atoms with Crippen molar-refractivity contribution in [1.82, 2.24) is 5.32 Å². The number of nitrogens with one attached hydrogen (secondary N) is 2. The number of urea groups is 1. The molecule has 1 aromatic heterocycles. The molecule has 1 heterocycles. The molecule has 0 spiro atoms. The normalized spacial score (nSPS) is 16.8. The maximum absolute atomic E-state index is 12.4. The van der Waals surface area contributed by atoms with Gasteiger partial charge < -0.3 is 20.6 Å². The number of hydrogen-bond donors (Lipinski definition) is 2. The monoisotopic (exact) mass is 349 g/mol. The molecule has 0 saturated heterocycles. The van der Waals surface area contributed by atoms with Crippen LogP contribution in [0.5, 0.6) is 0 Å².